The van der Waals surface area contributed by atoms with E-state index in [4.69, 9.17) is 0 Å². The van der Waals surface area contributed by atoms with E-state index in [0.717, 1.165) is 37.9 Å². The van der Waals surface area contributed by atoms with E-state index in [-0.39, 0.29) is 0 Å². The van der Waals surface area contributed by atoms with E-state index < -0.39 is 0 Å². The Morgan fingerprint density at radius 3 is 3.06 bits per heavy atom. The van der Waals surface area contributed by atoms with Crippen LogP contribution in [0.5, 0.6) is 0 Å². The maximum absolute atomic E-state index is 4.29. The van der Waals surface area contributed by atoms with Gasteiger partial charge in [-0.3, -0.25) is 9.58 Å². The fourth-order valence-corrected chi connectivity index (χ4v) is 2.41. The Labute approximate surface area is 103 Å². The van der Waals surface area contributed by atoms with Crippen molar-refractivity contribution in [1.82, 2.24) is 25.0 Å². The first-order valence-corrected chi connectivity index (χ1v) is 6.55. The normalized spacial score (nSPS) is 21.0. The SMILES string of the molecule is CCN(Cc1ncnn1C)CC1CCCNC1. The van der Waals surface area contributed by atoms with Gasteiger partial charge >= 0.3 is 0 Å². The molecule has 17 heavy (non-hydrogen) atoms. The van der Waals surface area contributed by atoms with Gasteiger partial charge in [-0.1, -0.05) is 6.92 Å². The molecule has 96 valence electrons. The van der Waals surface area contributed by atoms with Crippen molar-refractivity contribution < 1.29 is 0 Å². The zero-order chi connectivity index (χ0) is 12.1. The fourth-order valence-electron chi connectivity index (χ4n) is 2.41. The molecule has 1 atom stereocenters. The van der Waals surface area contributed by atoms with Gasteiger partial charge in [-0.05, 0) is 38.4 Å². The molecule has 2 rings (SSSR count). The third-order valence-electron chi connectivity index (χ3n) is 3.53. The average molecular weight is 237 g/mol. The maximum atomic E-state index is 4.29. The number of nitrogens with one attached hydrogen (secondary N) is 1. The minimum atomic E-state index is 0.789. The molecule has 0 spiro atoms. The Kier molecular flexibility index (Phi) is 4.50. The molecule has 1 unspecified atom stereocenters. The standard InChI is InChI=1S/C12H23N5/c1-3-17(8-11-5-4-6-13-7-11)9-12-14-10-15-16(12)2/h10-11,13H,3-9H2,1-2H3. The molecule has 1 saturated heterocycles. The van der Waals surface area contributed by atoms with Gasteiger partial charge in [-0.2, -0.15) is 5.10 Å². The molecule has 1 N–H and O–H groups in total. The number of nitrogens with zero attached hydrogens (tertiary/aromatic N) is 4. The highest BCUT2D eigenvalue weighted by atomic mass is 15.3. The number of hydrogen-bond acceptors (Lipinski definition) is 4. The zero-order valence-corrected chi connectivity index (χ0v) is 10.9. The summed E-state index contributed by atoms with van der Waals surface area (Å²) < 4.78 is 1.86. The summed E-state index contributed by atoms with van der Waals surface area (Å²) in [5.41, 5.74) is 0. The lowest BCUT2D eigenvalue weighted by Gasteiger charge is -2.29. The molecule has 1 fully saturated rings. The van der Waals surface area contributed by atoms with Crippen LogP contribution in [0.3, 0.4) is 0 Å². The van der Waals surface area contributed by atoms with Crippen molar-refractivity contribution in [2.75, 3.05) is 26.2 Å². The maximum Gasteiger partial charge on any atom is 0.140 e. The van der Waals surface area contributed by atoms with Crippen LogP contribution >= 0.6 is 0 Å². The second kappa shape index (κ2) is 6.12. The molecular formula is C12H23N5. The van der Waals surface area contributed by atoms with Gasteiger partial charge in [0.05, 0.1) is 6.54 Å². The molecule has 0 aliphatic carbocycles. The van der Waals surface area contributed by atoms with Crippen molar-refractivity contribution in [1.29, 1.82) is 0 Å². The Bertz CT molecular complexity index is 329. The Morgan fingerprint density at radius 2 is 2.47 bits per heavy atom. The smallest absolute Gasteiger partial charge is 0.140 e. The highest BCUT2D eigenvalue weighted by molar-refractivity contribution is 4.84. The molecule has 0 bridgehead atoms. The first kappa shape index (κ1) is 12.5. The molecular weight excluding hydrogens is 214 g/mol. The lowest BCUT2D eigenvalue weighted by atomic mass is 9.99. The number of piperidine rings is 1. The molecule has 1 aliphatic rings. The molecule has 1 aromatic heterocycles. The van der Waals surface area contributed by atoms with Gasteiger partial charge in [0, 0.05) is 13.6 Å². The molecule has 0 saturated carbocycles. The lowest BCUT2D eigenvalue weighted by Crippen LogP contribution is -2.38. The Hall–Kier alpha value is -0.940. The van der Waals surface area contributed by atoms with Crippen LogP contribution < -0.4 is 5.32 Å². The van der Waals surface area contributed by atoms with E-state index in [0.29, 0.717) is 0 Å². The predicted molar refractivity (Wildman–Crippen MR) is 67.5 cm³/mol. The molecule has 5 heteroatoms. The minimum absolute atomic E-state index is 0.789. The van der Waals surface area contributed by atoms with E-state index in [1.165, 1.54) is 19.4 Å². The van der Waals surface area contributed by atoms with Crippen molar-refractivity contribution in [3.05, 3.63) is 12.2 Å². The largest absolute Gasteiger partial charge is 0.316 e. The average Bonchev–Trinajstić information content (AvgIpc) is 2.75. The Morgan fingerprint density at radius 1 is 1.59 bits per heavy atom. The highest BCUT2D eigenvalue weighted by Gasteiger charge is 2.17. The lowest BCUT2D eigenvalue weighted by molar-refractivity contribution is 0.203. The van der Waals surface area contributed by atoms with Gasteiger partial charge < -0.3 is 5.32 Å². The van der Waals surface area contributed by atoms with E-state index in [1.807, 2.05) is 11.7 Å². The van der Waals surface area contributed by atoms with E-state index >= 15 is 0 Å². The number of hydrogen-bond donors (Lipinski definition) is 1. The summed E-state index contributed by atoms with van der Waals surface area (Å²) in [5, 5.41) is 7.59. The van der Waals surface area contributed by atoms with Gasteiger partial charge in [0.25, 0.3) is 0 Å². The second-order valence-electron chi connectivity index (χ2n) is 4.84. The van der Waals surface area contributed by atoms with Crippen molar-refractivity contribution >= 4 is 0 Å². The van der Waals surface area contributed by atoms with Gasteiger partial charge in [0.15, 0.2) is 0 Å². The summed E-state index contributed by atoms with van der Waals surface area (Å²) in [7, 11) is 1.96. The second-order valence-corrected chi connectivity index (χ2v) is 4.84. The van der Waals surface area contributed by atoms with Gasteiger partial charge in [-0.15, -0.1) is 0 Å². The molecule has 1 aromatic rings. The van der Waals surface area contributed by atoms with Crippen molar-refractivity contribution in [2.24, 2.45) is 13.0 Å². The van der Waals surface area contributed by atoms with E-state index in [1.54, 1.807) is 6.33 Å². The van der Waals surface area contributed by atoms with Crippen LogP contribution in [0.1, 0.15) is 25.6 Å². The molecule has 0 radical (unpaired) electrons. The molecule has 5 nitrogen and oxygen atoms in total. The first-order valence-electron chi connectivity index (χ1n) is 6.55. The predicted octanol–water partition coefficient (Wildman–Crippen LogP) is 0.637. The van der Waals surface area contributed by atoms with E-state index in [2.05, 4.69) is 27.2 Å². The minimum Gasteiger partial charge on any atom is -0.316 e. The molecule has 0 amide bonds. The topological polar surface area (TPSA) is 46.0 Å². The van der Waals surface area contributed by atoms with Crippen LogP contribution in [0.4, 0.5) is 0 Å². The van der Waals surface area contributed by atoms with Crippen LogP contribution in [0.2, 0.25) is 0 Å². The van der Waals surface area contributed by atoms with E-state index in [9.17, 15) is 0 Å². The quantitative estimate of drug-likeness (QED) is 0.816. The van der Waals surface area contributed by atoms with Crippen LogP contribution in [-0.4, -0.2) is 45.8 Å². The fraction of sp³-hybridized carbons (Fsp3) is 0.833. The van der Waals surface area contributed by atoms with Crippen molar-refractivity contribution in [3.8, 4) is 0 Å². The Balaban J connectivity index is 1.85. The highest BCUT2D eigenvalue weighted by Crippen LogP contribution is 2.12. The van der Waals surface area contributed by atoms with Crippen molar-refractivity contribution in [3.63, 3.8) is 0 Å². The molecule has 2 heterocycles. The molecule has 1 aliphatic heterocycles. The van der Waals surface area contributed by atoms with Gasteiger partial charge in [0.1, 0.15) is 12.2 Å². The zero-order valence-electron chi connectivity index (χ0n) is 10.9. The summed E-state index contributed by atoms with van der Waals surface area (Å²) in [6, 6.07) is 0. The third kappa shape index (κ3) is 3.51. The van der Waals surface area contributed by atoms with Crippen LogP contribution in [0.15, 0.2) is 6.33 Å². The van der Waals surface area contributed by atoms with Crippen LogP contribution in [-0.2, 0) is 13.6 Å². The summed E-state index contributed by atoms with van der Waals surface area (Å²) in [6.45, 7) is 7.71. The van der Waals surface area contributed by atoms with Crippen molar-refractivity contribution in [2.45, 2.75) is 26.3 Å². The first-order chi connectivity index (χ1) is 8.29. The molecule has 0 aromatic carbocycles. The van der Waals surface area contributed by atoms with Gasteiger partial charge in [0.2, 0.25) is 0 Å². The van der Waals surface area contributed by atoms with Crippen LogP contribution in [0.25, 0.3) is 0 Å². The summed E-state index contributed by atoms with van der Waals surface area (Å²) in [4.78, 5) is 6.75. The third-order valence-corrected chi connectivity index (χ3v) is 3.53. The number of aromatic nitrogens is 3. The monoisotopic (exact) mass is 237 g/mol. The number of aryl methyl sites for hydroxylation is 1. The summed E-state index contributed by atoms with van der Waals surface area (Å²) in [6.07, 6.45) is 4.29. The van der Waals surface area contributed by atoms with Gasteiger partial charge in [-0.25, -0.2) is 4.98 Å². The number of rotatable bonds is 5. The summed E-state index contributed by atoms with van der Waals surface area (Å²) >= 11 is 0. The van der Waals surface area contributed by atoms with Crippen LogP contribution in [0, 0.1) is 5.92 Å². The summed E-state index contributed by atoms with van der Waals surface area (Å²) in [5.74, 6) is 1.84.